The summed E-state index contributed by atoms with van der Waals surface area (Å²) in [5.41, 5.74) is 2.94. The lowest BCUT2D eigenvalue weighted by atomic mass is 9.85. The molecule has 102 valence electrons. The molecule has 21 heavy (non-hydrogen) atoms. The van der Waals surface area contributed by atoms with E-state index < -0.39 is 0 Å². The van der Waals surface area contributed by atoms with Crippen molar-refractivity contribution in [3.63, 3.8) is 0 Å². The van der Waals surface area contributed by atoms with Crippen LogP contribution >= 0.6 is 0 Å². The molecule has 5 heteroatoms. The summed E-state index contributed by atoms with van der Waals surface area (Å²) in [5.74, 6) is -0.0541. The lowest BCUT2D eigenvalue weighted by Gasteiger charge is -2.14. The van der Waals surface area contributed by atoms with Gasteiger partial charge in [-0.15, -0.1) is 0 Å². The normalized spacial score (nSPS) is 12.5. The Kier molecular flexibility index (Phi) is 2.14. The van der Waals surface area contributed by atoms with Crippen LogP contribution in [-0.4, -0.2) is 15.3 Å². The summed E-state index contributed by atoms with van der Waals surface area (Å²) in [5, 5.41) is 12.2. The minimum atomic E-state index is -0.383. The fourth-order valence-corrected chi connectivity index (χ4v) is 3.18. The molecule has 4 rings (SSSR count). The predicted octanol–water partition coefficient (Wildman–Crippen LogP) is 3.30. The molecule has 0 saturated carbocycles. The number of carbonyl (C=O) groups is 1. The number of aryl methyl sites for hydroxylation is 1. The molecule has 0 radical (unpaired) electrons. The Balaban J connectivity index is 2.32. The average molecular weight is 278 g/mol. The van der Waals surface area contributed by atoms with E-state index in [1.165, 1.54) is 0 Å². The third-order valence-corrected chi connectivity index (χ3v) is 4.05. The minimum absolute atomic E-state index is 0.0254. The molecule has 1 aromatic heterocycles. The highest BCUT2D eigenvalue weighted by atomic mass is 16.6. The van der Waals surface area contributed by atoms with E-state index in [9.17, 15) is 14.9 Å². The van der Waals surface area contributed by atoms with Crippen molar-refractivity contribution in [2.24, 2.45) is 7.05 Å². The second-order valence-electron chi connectivity index (χ2n) is 5.09. The Morgan fingerprint density at radius 3 is 2.38 bits per heavy atom. The first-order valence-corrected chi connectivity index (χ1v) is 6.51. The Morgan fingerprint density at radius 1 is 1.00 bits per heavy atom. The van der Waals surface area contributed by atoms with Gasteiger partial charge in [-0.25, -0.2) is 4.57 Å². The topological polar surface area (TPSA) is 65.1 Å². The zero-order valence-corrected chi connectivity index (χ0v) is 11.2. The monoisotopic (exact) mass is 278 g/mol. The van der Waals surface area contributed by atoms with E-state index >= 15 is 0 Å². The van der Waals surface area contributed by atoms with Gasteiger partial charge in [0.25, 0.3) is 0 Å². The third-order valence-electron chi connectivity index (χ3n) is 4.05. The molecule has 2 aromatic carbocycles. The van der Waals surface area contributed by atoms with Crippen LogP contribution in [-0.2, 0) is 7.05 Å². The molecule has 0 fully saturated rings. The lowest BCUT2D eigenvalue weighted by molar-refractivity contribution is -0.390. The molecule has 0 spiro atoms. The van der Waals surface area contributed by atoms with E-state index in [2.05, 4.69) is 0 Å². The lowest BCUT2D eigenvalue weighted by Crippen LogP contribution is -2.08. The van der Waals surface area contributed by atoms with Crippen molar-refractivity contribution in [3.8, 4) is 11.1 Å². The van der Waals surface area contributed by atoms with E-state index in [-0.39, 0.29) is 16.5 Å². The number of hydrogen-bond acceptors (Lipinski definition) is 3. The SMILES string of the molecule is Cn1c([N+](=O)[O-])c2c3c(cccc31)C(=O)c1ccccc1-2. The van der Waals surface area contributed by atoms with Crippen molar-refractivity contribution >= 4 is 22.5 Å². The van der Waals surface area contributed by atoms with Gasteiger partial charge in [-0.05, 0) is 11.0 Å². The Morgan fingerprint density at radius 2 is 1.67 bits per heavy atom. The van der Waals surface area contributed by atoms with Crippen LogP contribution in [0.2, 0.25) is 0 Å². The highest BCUT2D eigenvalue weighted by Crippen LogP contribution is 2.45. The first-order chi connectivity index (χ1) is 10.1. The highest BCUT2D eigenvalue weighted by Gasteiger charge is 2.34. The number of ketones is 1. The largest absolute Gasteiger partial charge is 0.358 e. The van der Waals surface area contributed by atoms with Crippen molar-refractivity contribution < 1.29 is 9.72 Å². The number of rotatable bonds is 1. The van der Waals surface area contributed by atoms with Crippen LogP contribution < -0.4 is 0 Å². The molecule has 0 unspecified atom stereocenters. The second-order valence-corrected chi connectivity index (χ2v) is 5.09. The van der Waals surface area contributed by atoms with Crippen LogP contribution in [0.3, 0.4) is 0 Å². The molecule has 0 atom stereocenters. The van der Waals surface area contributed by atoms with E-state index in [4.69, 9.17) is 0 Å². The van der Waals surface area contributed by atoms with Crippen molar-refractivity contribution in [1.82, 2.24) is 4.57 Å². The van der Waals surface area contributed by atoms with E-state index in [0.717, 1.165) is 0 Å². The molecule has 0 saturated heterocycles. The number of nitrogens with zero attached hydrogens (tertiary/aromatic N) is 2. The molecule has 1 aliphatic carbocycles. The fourth-order valence-electron chi connectivity index (χ4n) is 3.18. The molecule has 1 aliphatic rings. The molecule has 0 bridgehead atoms. The molecule has 0 N–H and O–H groups in total. The summed E-state index contributed by atoms with van der Waals surface area (Å²) in [4.78, 5) is 23.7. The van der Waals surface area contributed by atoms with Gasteiger partial charge in [0.05, 0.1) is 12.6 Å². The molecule has 3 aromatic rings. The summed E-state index contributed by atoms with van der Waals surface area (Å²) >= 11 is 0. The van der Waals surface area contributed by atoms with Crippen LogP contribution in [0.1, 0.15) is 15.9 Å². The number of carbonyl (C=O) groups excluding carboxylic acids is 1. The molecule has 0 aliphatic heterocycles. The van der Waals surface area contributed by atoms with E-state index in [0.29, 0.717) is 33.2 Å². The van der Waals surface area contributed by atoms with Gasteiger partial charge >= 0.3 is 5.82 Å². The Hall–Kier alpha value is -2.95. The summed E-state index contributed by atoms with van der Waals surface area (Å²) in [7, 11) is 1.66. The van der Waals surface area contributed by atoms with Gasteiger partial charge in [0.1, 0.15) is 5.52 Å². The zero-order chi connectivity index (χ0) is 14.7. The summed E-state index contributed by atoms with van der Waals surface area (Å²) in [6.07, 6.45) is 0. The van der Waals surface area contributed by atoms with Crippen molar-refractivity contribution in [2.75, 3.05) is 0 Å². The van der Waals surface area contributed by atoms with Crippen molar-refractivity contribution in [2.45, 2.75) is 0 Å². The van der Waals surface area contributed by atoms with Crippen LogP contribution in [0.4, 0.5) is 5.82 Å². The fraction of sp³-hybridized carbons (Fsp3) is 0.0625. The second kappa shape index (κ2) is 3.79. The van der Waals surface area contributed by atoms with Crippen LogP contribution in [0.5, 0.6) is 0 Å². The van der Waals surface area contributed by atoms with Gasteiger partial charge in [0, 0.05) is 22.1 Å². The van der Waals surface area contributed by atoms with Crippen LogP contribution in [0.25, 0.3) is 22.0 Å². The number of fused-ring (bicyclic) bond motifs is 2. The van der Waals surface area contributed by atoms with Gasteiger partial charge in [0.2, 0.25) is 0 Å². The summed E-state index contributed by atoms with van der Waals surface area (Å²) < 4.78 is 1.55. The van der Waals surface area contributed by atoms with Gasteiger partial charge < -0.3 is 10.1 Å². The van der Waals surface area contributed by atoms with E-state index in [1.807, 2.05) is 0 Å². The van der Waals surface area contributed by atoms with Crippen LogP contribution in [0.15, 0.2) is 42.5 Å². The number of nitro groups is 1. The standard InChI is InChI=1S/C16H10N2O3/c1-17-12-8-4-7-11-13(12)14(16(17)18(20)21)9-5-2-3-6-10(9)15(11)19/h2-8H,1H3. The first-order valence-electron chi connectivity index (χ1n) is 6.51. The Labute approximate surface area is 119 Å². The van der Waals surface area contributed by atoms with Gasteiger partial charge in [-0.3, -0.25) is 4.79 Å². The maximum Gasteiger partial charge on any atom is 0.331 e. The quantitative estimate of drug-likeness (QED) is 0.396. The van der Waals surface area contributed by atoms with Crippen LogP contribution in [0, 0.1) is 10.1 Å². The third kappa shape index (κ3) is 1.32. The van der Waals surface area contributed by atoms with Crippen molar-refractivity contribution in [3.05, 3.63) is 63.7 Å². The van der Waals surface area contributed by atoms with Gasteiger partial charge in [-0.2, -0.15) is 0 Å². The number of benzene rings is 2. The van der Waals surface area contributed by atoms with E-state index in [1.54, 1.807) is 54.1 Å². The highest BCUT2D eigenvalue weighted by molar-refractivity contribution is 6.27. The zero-order valence-electron chi connectivity index (χ0n) is 11.2. The Bertz CT molecular complexity index is 954. The first kappa shape index (κ1) is 11.8. The molecule has 1 heterocycles. The average Bonchev–Trinajstić information content (AvgIpc) is 2.79. The summed E-state index contributed by atoms with van der Waals surface area (Å²) in [6.45, 7) is 0. The molecular formula is C16H10N2O3. The number of hydrogen-bond donors (Lipinski definition) is 0. The van der Waals surface area contributed by atoms with Crippen molar-refractivity contribution in [1.29, 1.82) is 0 Å². The smallest absolute Gasteiger partial charge is 0.331 e. The number of aromatic nitrogens is 1. The maximum atomic E-state index is 12.6. The minimum Gasteiger partial charge on any atom is -0.358 e. The van der Waals surface area contributed by atoms with Gasteiger partial charge in [0.15, 0.2) is 5.78 Å². The van der Waals surface area contributed by atoms with Gasteiger partial charge in [-0.1, -0.05) is 36.4 Å². The predicted molar refractivity (Wildman–Crippen MR) is 78.4 cm³/mol. The molecular weight excluding hydrogens is 268 g/mol. The molecule has 5 nitrogen and oxygen atoms in total. The summed E-state index contributed by atoms with van der Waals surface area (Å²) in [6, 6.07) is 12.3. The molecule has 0 amide bonds. The maximum absolute atomic E-state index is 12.6.